The van der Waals surface area contributed by atoms with Crippen LogP contribution in [0, 0.1) is 6.92 Å². The number of rotatable bonds is 6. The molecule has 23 heavy (non-hydrogen) atoms. The fourth-order valence-corrected chi connectivity index (χ4v) is 2.78. The number of thioether (sulfide) groups is 1. The number of amides is 1. The molecular weight excluding hydrogens is 314 g/mol. The van der Waals surface area contributed by atoms with E-state index >= 15 is 0 Å². The van der Waals surface area contributed by atoms with Crippen molar-refractivity contribution in [2.24, 2.45) is 0 Å². The largest absolute Gasteiger partial charge is 0.378 e. The van der Waals surface area contributed by atoms with Gasteiger partial charge in [-0.15, -0.1) is 0 Å². The van der Waals surface area contributed by atoms with Gasteiger partial charge >= 0.3 is 0 Å². The maximum Gasteiger partial charge on any atom is 0.251 e. The highest BCUT2D eigenvalue weighted by molar-refractivity contribution is 8.00. The van der Waals surface area contributed by atoms with E-state index in [4.69, 9.17) is 4.74 Å². The standard InChI is InChI=1S/C16H19N3O3S/c1-10-5-4-6-12(7-10)17-15(21)11(2)23-16-18-13(9-22-3)8-14(20)19-16/h4-8,11H,9H2,1-3H3,(H,17,21)(H,18,19,20). The van der Waals surface area contributed by atoms with Gasteiger partial charge in [-0.05, 0) is 31.5 Å². The summed E-state index contributed by atoms with van der Waals surface area (Å²) in [7, 11) is 1.54. The van der Waals surface area contributed by atoms with Gasteiger partial charge in [0.15, 0.2) is 5.16 Å². The van der Waals surface area contributed by atoms with Gasteiger partial charge in [0.05, 0.1) is 17.6 Å². The molecule has 0 aliphatic carbocycles. The molecule has 7 heteroatoms. The number of methoxy groups -OCH3 is 1. The first-order valence-electron chi connectivity index (χ1n) is 7.11. The summed E-state index contributed by atoms with van der Waals surface area (Å²) >= 11 is 1.20. The monoisotopic (exact) mass is 333 g/mol. The van der Waals surface area contributed by atoms with Crippen molar-refractivity contribution in [2.45, 2.75) is 30.9 Å². The van der Waals surface area contributed by atoms with E-state index in [2.05, 4.69) is 15.3 Å². The first-order chi connectivity index (χ1) is 11.0. The minimum atomic E-state index is -0.406. The number of hydrogen-bond donors (Lipinski definition) is 2. The van der Waals surface area contributed by atoms with Gasteiger partial charge in [0.2, 0.25) is 5.91 Å². The molecule has 1 atom stereocenters. The quantitative estimate of drug-likeness (QED) is 0.626. The lowest BCUT2D eigenvalue weighted by Gasteiger charge is -2.12. The zero-order valence-corrected chi connectivity index (χ0v) is 14.1. The normalized spacial score (nSPS) is 12.0. The van der Waals surface area contributed by atoms with Crippen LogP contribution in [0.15, 0.2) is 40.3 Å². The number of nitrogens with one attached hydrogen (secondary N) is 2. The topological polar surface area (TPSA) is 84.1 Å². The highest BCUT2D eigenvalue weighted by atomic mass is 32.2. The molecule has 1 heterocycles. The van der Waals surface area contributed by atoms with Crippen molar-refractivity contribution in [2.75, 3.05) is 12.4 Å². The van der Waals surface area contributed by atoms with Crippen LogP contribution in [0.25, 0.3) is 0 Å². The number of carbonyl (C=O) groups is 1. The van der Waals surface area contributed by atoms with Crippen LogP contribution in [0.4, 0.5) is 5.69 Å². The zero-order valence-electron chi connectivity index (χ0n) is 13.3. The second-order valence-corrected chi connectivity index (χ2v) is 6.42. The zero-order chi connectivity index (χ0) is 16.8. The Morgan fingerprint density at radius 3 is 2.91 bits per heavy atom. The summed E-state index contributed by atoms with van der Waals surface area (Å²) in [6.07, 6.45) is 0. The van der Waals surface area contributed by atoms with Crippen LogP contribution in [0.1, 0.15) is 18.2 Å². The third-order valence-electron chi connectivity index (χ3n) is 3.01. The number of anilines is 1. The molecule has 2 rings (SSSR count). The third-order valence-corrected chi connectivity index (χ3v) is 3.99. The van der Waals surface area contributed by atoms with Crippen molar-refractivity contribution in [1.29, 1.82) is 0 Å². The molecule has 1 amide bonds. The molecule has 2 N–H and O–H groups in total. The van der Waals surface area contributed by atoms with Crippen LogP contribution in [0.2, 0.25) is 0 Å². The highest BCUT2D eigenvalue weighted by Crippen LogP contribution is 2.20. The van der Waals surface area contributed by atoms with Crippen LogP contribution >= 0.6 is 11.8 Å². The van der Waals surface area contributed by atoms with E-state index in [1.54, 1.807) is 6.92 Å². The molecule has 0 bridgehead atoms. The molecule has 1 aromatic carbocycles. The smallest absolute Gasteiger partial charge is 0.251 e. The molecule has 6 nitrogen and oxygen atoms in total. The molecule has 1 unspecified atom stereocenters. The Morgan fingerprint density at radius 1 is 1.43 bits per heavy atom. The second-order valence-electron chi connectivity index (χ2n) is 5.09. The number of benzene rings is 1. The molecule has 122 valence electrons. The van der Waals surface area contributed by atoms with Gasteiger partial charge in [-0.3, -0.25) is 9.59 Å². The number of hydrogen-bond acceptors (Lipinski definition) is 5. The van der Waals surface area contributed by atoms with Crippen molar-refractivity contribution in [3.8, 4) is 0 Å². The Balaban J connectivity index is 2.04. The van der Waals surface area contributed by atoms with Crippen LogP contribution < -0.4 is 10.9 Å². The van der Waals surface area contributed by atoms with Gasteiger partial charge in [0.1, 0.15) is 0 Å². The van der Waals surface area contributed by atoms with Crippen molar-refractivity contribution in [3.05, 3.63) is 51.9 Å². The number of carbonyl (C=O) groups excluding carboxylic acids is 1. The Morgan fingerprint density at radius 2 is 2.22 bits per heavy atom. The van der Waals surface area contributed by atoms with Crippen molar-refractivity contribution in [1.82, 2.24) is 9.97 Å². The van der Waals surface area contributed by atoms with Crippen LogP contribution in [0.3, 0.4) is 0 Å². The lowest BCUT2D eigenvalue weighted by Crippen LogP contribution is -2.23. The molecule has 0 saturated heterocycles. The molecule has 0 aliphatic rings. The van der Waals surface area contributed by atoms with E-state index in [0.717, 1.165) is 11.3 Å². The number of aromatic nitrogens is 2. The highest BCUT2D eigenvalue weighted by Gasteiger charge is 2.16. The number of nitrogens with zero attached hydrogens (tertiary/aromatic N) is 1. The van der Waals surface area contributed by atoms with Gasteiger partial charge in [0.25, 0.3) is 5.56 Å². The summed E-state index contributed by atoms with van der Waals surface area (Å²) in [5.41, 5.74) is 2.09. The molecule has 0 spiro atoms. The van der Waals surface area contributed by atoms with Crippen molar-refractivity contribution >= 4 is 23.4 Å². The third kappa shape index (κ3) is 5.22. The fourth-order valence-electron chi connectivity index (χ4n) is 1.95. The van der Waals surface area contributed by atoms with Gasteiger partial charge in [-0.1, -0.05) is 23.9 Å². The van der Waals surface area contributed by atoms with Gasteiger partial charge in [-0.2, -0.15) is 0 Å². The van der Waals surface area contributed by atoms with E-state index < -0.39 is 5.25 Å². The fraction of sp³-hybridized carbons (Fsp3) is 0.312. The molecule has 2 aromatic rings. The second kappa shape index (κ2) is 7.94. The van der Waals surface area contributed by atoms with E-state index in [0.29, 0.717) is 10.9 Å². The van der Waals surface area contributed by atoms with E-state index in [9.17, 15) is 9.59 Å². The Hall–Kier alpha value is -2.12. The number of H-pyrrole nitrogens is 1. The first-order valence-corrected chi connectivity index (χ1v) is 7.99. The first kappa shape index (κ1) is 17.2. The number of aryl methyl sites for hydroxylation is 1. The van der Waals surface area contributed by atoms with Crippen molar-refractivity contribution in [3.63, 3.8) is 0 Å². The van der Waals surface area contributed by atoms with E-state index in [1.807, 2.05) is 31.2 Å². The molecule has 0 radical (unpaired) electrons. The number of aromatic amines is 1. The Bertz CT molecular complexity index is 745. The maximum atomic E-state index is 12.2. The van der Waals surface area contributed by atoms with Gasteiger partial charge in [-0.25, -0.2) is 4.98 Å². The lowest BCUT2D eigenvalue weighted by molar-refractivity contribution is -0.115. The maximum absolute atomic E-state index is 12.2. The Labute approximate surface area is 138 Å². The van der Waals surface area contributed by atoms with Crippen molar-refractivity contribution < 1.29 is 9.53 Å². The summed E-state index contributed by atoms with van der Waals surface area (Å²) in [6.45, 7) is 3.98. The van der Waals surface area contributed by atoms with E-state index in [-0.39, 0.29) is 18.1 Å². The minimum absolute atomic E-state index is 0.152. The summed E-state index contributed by atoms with van der Waals surface area (Å²) in [4.78, 5) is 30.7. The average Bonchev–Trinajstić information content (AvgIpc) is 2.46. The van der Waals surface area contributed by atoms with Gasteiger partial charge in [0, 0.05) is 18.9 Å². The average molecular weight is 333 g/mol. The van der Waals surface area contributed by atoms with Crippen LogP contribution in [-0.2, 0) is 16.1 Å². The predicted octanol–water partition coefficient (Wildman–Crippen LogP) is 2.34. The summed E-state index contributed by atoms with van der Waals surface area (Å²) in [5.74, 6) is -0.152. The minimum Gasteiger partial charge on any atom is -0.378 e. The molecule has 0 aliphatic heterocycles. The SMILES string of the molecule is COCc1cc(=O)[nH]c(SC(C)C(=O)Nc2cccc(C)c2)n1. The van der Waals surface area contributed by atoms with Crippen LogP contribution in [0.5, 0.6) is 0 Å². The molecule has 1 aromatic heterocycles. The van der Waals surface area contributed by atoms with E-state index in [1.165, 1.54) is 24.9 Å². The molecule has 0 saturated carbocycles. The summed E-state index contributed by atoms with van der Waals surface area (Å²) in [6, 6.07) is 8.96. The predicted molar refractivity (Wildman–Crippen MR) is 90.7 cm³/mol. The Kier molecular flexibility index (Phi) is 5.95. The summed E-state index contributed by atoms with van der Waals surface area (Å²) in [5, 5.41) is 2.85. The number of ether oxygens (including phenoxy) is 1. The summed E-state index contributed by atoms with van der Waals surface area (Å²) < 4.78 is 4.98. The van der Waals surface area contributed by atoms with Crippen LogP contribution in [-0.4, -0.2) is 28.2 Å². The lowest BCUT2D eigenvalue weighted by atomic mass is 10.2. The molecule has 0 fully saturated rings. The van der Waals surface area contributed by atoms with Gasteiger partial charge < -0.3 is 15.0 Å². The molecular formula is C16H19N3O3S.